The summed E-state index contributed by atoms with van der Waals surface area (Å²) in [4.78, 5) is 11.8. The maximum absolute atomic E-state index is 11.8. The van der Waals surface area contributed by atoms with E-state index in [0.717, 1.165) is 25.9 Å². The highest BCUT2D eigenvalue weighted by Gasteiger charge is 2.17. The molecule has 116 valence electrons. The molecule has 2 atom stereocenters. The summed E-state index contributed by atoms with van der Waals surface area (Å²) >= 11 is 0. The summed E-state index contributed by atoms with van der Waals surface area (Å²) in [6.07, 6.45) is 1.82. The zero-order valence-electron chi connectivity index (χ0n) is 12.5. The Labute approximate surface area is 125 Å². The number of hydrogen-bond acceptors (Lipinski definition) is 4. The van der Waals surface area contributed by atoms with Gasteiger partial charge in [0.1, 0.15) is 5.75 Å². The summed E-state index contributed by atoms with van der Waals surface area (Å²) in [7, 11) is 1.57. The zero-order valence-corrected chi connectivity index (χ0v) is 12.5. The van der Waals surface area contributed by atoms with Crippen molar-refractivity contribution in [3.63, 3.8) is 0 Å². The van der Waals surface area contributed by atoms with Crippen LogP contribution in [0, 0.1) is 5.92 Å². The maximum Gasteiger partial charge on any atom is 0.220 e. The lowest BCUT2D eigenvalue weighted by Crippen LogP contribution is -2.28. The average molecular weight is 292 g/mol. The monoisotopic (exact) mass is 292 g/mol. The van der Waals surface area contributed by atoms with E-state index >= 15 is 0 Å². The van der Waals surface area contributed by atoms with Gasteiger partial charge < -0.3 is 20.5 Å². The van der Waals surface area contributed by atoms with Crippen molar-refractivity contribution >= 4 is 5.91 Å². The van der Waals surface area contributed by atoms with Crippen LogP contribution in [0.5, 0.6) is 5.75 Å². The molecule has 1 aliphatic heterocycles. The second kappa shape index (κ2) is 8.00. The fourth-order valence-electron chi connectivity index (χ4n) is 2.65. The second-order valence-electron chi connectivity index (χ2n) is 5.46. The molecule has 5 heteroatoms. The summed E-state index contributed by atoms with van der Waals surface area (Å²) in [5.74, 6) is 1.24. The molecule has 0 radical (unpaired) electrons. The van der Waals surface area contributed by atoms with Crippen LogP contribution in [0.4, 0.5) is 0 Å². The Morgan fingerprint density at radius 3 is 3.05 bits per heavy atom. The molecule has 3 N–H and O–H groups in total. The Hall–Kier alpha value is -1.59. The van der Waals surface area contributed by atoms with E-state index < -0.39 is 6.10 Å². The van der Waals surface area contributed by atoms with E-state index in [1.807, 2.05) is 12.1 Å². The number of hydrogen-bond donors (Lipinski definition) is 3. The first kappa shape index (κ1) is 15.8. The Morgan fingerprint density at radius 2 is 2.33 bits per heavy atom. The smallest absolute Gasteiger partial charge is 0.220 e. The minimum atomic E-state index is -0.752. The Morgan fingerprint density at radius 1 is 1.52 bits per heavy atom. The van der Waals surface area contributed by atoms with Gasteiger partial charge in [0.25, 0.3) is 0 Å². The van der Waals surface area contributed by atoms with Gasteiger partial charge in [-0.2, -0.15) is 0 Å². The van der Waals surface area contributed by atoms with Crippen LogP contribution in [0.1, 0.15) is 30.9 Å². The van der Waals surface area contributed by atoms with Crippen LogP contribution in [0.2, 0.25) is 0 Å². The highest BCUT2D eigenvalue weighted by Crippen LogP contribution is 2.24. The Balaban J connectivity index is 1.74. The van der Waals surface area contributed by atoms with Gasteiger partial charge in [-0.1, -0.05) is 18.2 Å². The summed E-state index contributed by atoms with van der Waals surface area (Å²) in [5.41, 5.74) is 0.695. The highest BCUT2D eigenvalue weighted by atomic mass is 16.5. The van der Waals surface area contributed by atoms with Crippen molar-refractivity contribution < 1.29 is 14.6 Å². The molecule has 21 heavy (non-hydrogen) atoms. The number of aliphatic hydroxyl groups is 1. The van der Waals surface area contributed by atoms with Crippen LogP contribution in [0.3, 0.4) is 0 Å². The quantitative estimate of drug-likeness (QED) is 0.707. The van der Waals surface area contributed by atoms with Gasteiger partial charge in [0.15, 0.2) is 0 Å². The molecular weight excluding hydrogens is 268 g/mol. The fraction of sp³-hybridized carbons (Fsp3) is 0.562. The van der Waals surface area contributed by atoms with E-state index in [4.69, 9.17) is 4.74 Å². The van der Waals surface area contributed by atoms with Crippen molar-refractivity contribution in [1.29, 1.82) is 0 Å². The van der Waals surface area contributed by atoms with Crippen molar-refractivity contribution in [2.24, 2.45) is 5.92 Å². The van der Waals surface area contributed by atoms with Gasteiger partial charge in [0.05, 0.1) is 13.2 Å². The van der Waals surface area contributed by atoms with Crippen molar-refractivity contribution in [2.75, 3.05) is 26.7 Å². The van der Waals surface area contributed by atoms with Crippen LogP contribution in [0.25, 0.3) is 0 Å². The van der Waals surface area contributed by atoms with E-state index in [-0.39, 0.29) is 12.5 Å². The van der Waals surface area contributed by atoms with Crippen molar-refractivity contribution in [3.8, 4) is 5.75 Å². The molecule has 0 aliphatic carbocycles. The van der Waals surface area contributed by atoms with E-state index in [0.29, 0.717) is 23.7 Å². The average Bonchev–Trinajstić information content (AvgIpc) is 3.04. The molecule has 2 unspecified atom stereocenters. The Bertz CT molecular complexity index is 459. The van der Waals surface area contributed by atoms with E-state index in [1.165, 1.54) is 0 Å². The normalized spacial score (nSPS) is 19.2. The van der Waals surface area contributed by atoms with Crippen LogP contribution >= 0.6 is 0 Å². The van der Waals surface area contributed by atoms with Gasteiger partial charge in [-0.25, -0.2) is 0 Å². The third-order valence-electron chi connectivity index (χ3n) is 3.93. The number of aliphatic hydroxyl groups excluding tert-OH is 1. The van der Waals surface area contributed by atoms with Crippen molar-refractivity contribution in [3.05, 3.63) is 29.8 Å². The first-order valence-electron chi connectivity index (χ1n) is 7.49. The molecule has 0 spiro atoms. The number of benzene rings is 1. The number of methoxy groups -OCH3 is 1. The number of nitrogens with one attached hydrogen (secondary N) is 2. The highest BCUT2D eigenvalue weighted by molar-refractivity contribution is 5.75. The number of carbonyl (C=O) groups is 1. The topological polar surface area (TPSA) is 70.6 Å². The SMILES string of the molecule is COc1ccccc1C(O)CNC(=O)CCC1CCNC1. The van der Waals surface area contributed by atoms with Gasteiger partial charge in [-0.15, -0.1) is 0 Å². The number of carbonyl (C=O) groups excluding carboxylic acids is 1. The molecule has 0 bridgehead atoms. The molecular formula is C16H24N2O3. The molecule has 1 aromatic carbocycles. The Kier molecular flexibility index (Phi) is 6.02. The van der Waals surface area contributed by atoms with Gasteiger partial charge in [-0.3, -0.25) is 4.79 Å². The minimum Gasteiger partial charge on any atom is -0.496 e. The first-order chi connectivity index (χ1) is 10.2. The summed E-state index contributed by atoms with van der Waals surface area (Å²) in [6, 6.07) is 7.30. The van der Waals surface area contributed by atoms with Gasteiger partial charge in [-0.05, 0) is 37.9 Å². The molecule has 1 aliphatic rings. The predicted molar refractivity (Wildman–Crippen MR) is 81.2 cm³/mol. The molecule has 1 aromatic rings. The van der Waals surface area contributed by atoms with Crippen LogP contribution < -0.4 is 15.4 Å². The third kappa shape index (κ3) is 4.72. The van der Waals surface area contributed by atoms with E-state index in [2.05, 4.69) is 10.6 Å². The zero-order chi connectivity index (χ0) is 15.1. The summed E-state index contributed by atoms with van der Waals surface area (Å²) in [6.45, 7) is 2.28. The van der Waals surface area contributed by atoms with Crippen LogP contribution in [-0.4, -0.2) is 37.8 Å². The maximum atomic E-state index is 11.8. The molecule has 0 aromatic heterocycles. The third-order valence-corrected chi connectivity index (χ3v) is 3.93. The predicted octanol–water partition coefficient (Wildman–Crippen LogP) is 1.23. The molecule has 0 saturated carbocycles. The lowest BCUT2D eigenvalue weighted by molar-refractivity contribution is -0.121. The van der Waals surface area contributed by atoms with E-state index in [9.17, 15) is 9.90 Å². The lowest BCUT2D eigenvalue weighted by atomic mass is 10.0. The first-order valence-corrected chi connectivity index (χ1v) is 7.49. The largest absolute Gasteiger partial charge is 0.496 e. The lowest BCUT2D eigenvalue weighted by Gasteiger charge is -2.15. The fourth-order valence-corrected chi connectivity index (χ4v) is 2.65. The second-order valence-corrected chi connectivity index (χ2v) is 5.46. The molecule has 2 rings (SSSR count). The standard InChI is InChI=1S/C16H24N2O3/c1-21-15-5-3-2-4-13(15)14(19)11-18-16(20)7-6-12-8-9-17-10-12/h2-5,12,14,17,19H,6-11H2,1H3,(H,18,20). The summed E-state index contributed by atoms with van der Waals surface area (Å²) < 4.78 is 5.21. The number of ether oxygens (including phenoxy) is 1. The number of amides is 1. The minimum absolute atomic E-state index is 0.00384. The molecule has 5 nitrogen and oxygen atoms in total. The van der Waals surface area contributed by atoms with Crippen LogP contribution in [0.15, 0.2) is 24.3 Å². The molecule has 1 saturated heterocycles. The van der Waals surface area contributed by atoms with Gasteiger partial charge in [0, 0.05) is 18.5 Å². The van der Waals surface area contributed by atoms with Crippen molar-refractivity contribution in [1.82, 2.24) is 10.6 Å². The van der Waals surface area contributed by atoms with Gasteiger partial charge in [0.2, 0.25) is 5.91 Å². The molecule has 1 amide bonds. The number of rotatable bonds is 7. The van der Waals surface area contributed by atoms with E-state index in [1.54, 1.807) is 19.2 Å². The number of para-hydroxylation sites is 1. The molecule has 1 fully saturated rings. The summed E-state index contributed by atoms with van der Waals surface area (Å²) in [5, 5.41) is 16.2. The van der Waals surface area contributed by atoms with Crippen LogP contribution in [-0.2, 0) is 4.79 Å². The molecule has 1 heterocycles. The van der Waals surface area contributed by atoms with Gasteiger partial charge >= 0.3 is 0 Å². The van der Waals surface area contributed by atoms with Crippen molar-refractivity contribution in [2.45, 2.75) is 25.4 Å².